The van der Waals surface area contributed by atoms with Gasteiger partial charge in [-0.25, -0.2) is 4.39 Å². The van der Waals surface area contributed by atoms with Gasteiger partial charge in [-0.1, -0.05) is 66.7 Å². The molecule has 3 rings (SSSR count). The number of carbonyl (C=O) groups excluding carboxylic acids is 2. The Bertz CT molecular complexity index is 997. The van der Waals surface area contributed by atoms with Crippen LogP contribution in [0, 0.1) is 5.82 Å². The molecule has 0 saturated heterocycles. The van der Waals surface area contributed by atoms with Crippen molar-refractivity contribution < 1.29 is 14.0 Å². The van der Waals surface area contributed by atoms with Crippen molar-refractivity contribution in [3.05, 3.63) is 68.4 Å². The molecule has 0 aliphatic heterocycles. The van der Waals surface area contributed by atoms with Crippen LogP contribution in [0.25, 0.3) is 0 Å². The smallest absolute Gasteiger partial charge is 0.243 e. The summed E-state index contributed by atoms with van der Waals surface area (Å²) in [7, 11) is 0. The van der Waals surface area contributed by atoms with Gasteiger partial charge in [0.2, 0.25) is 11.8 Å². The lowest BCUT2D eigenvalue weighted by atomic mass is 10.1. The second-order valence-corrected chi connectivity index (χ2v) is 10.6. The lowest BCUT2D eigenvalue weighted by Crippen LogP contribution is -2.51. The van der Waals surface area contributed by atoms with Crippen molar-refractivity contribution in [3.63, 3.8) is 0 Å². The molecule has 34 heavy (non-hydrogen) atoms. The maximum atomic E-state index is 14.1. The van der Waals surface area contributed by atoms with Gasteiger partial charge in [0.25, 0.3) is 0 Å². The fourth-order valence-electron chi connectivity index (χ4n) is 4.11. The molecule has 2 amide bonds. The molecule has 184 valence electrons. The summed E-state index contributed by atoms with van der Waals surface area (Å²) in [4.78, 5) is 28.1. The quantitative estimate of drug-likeness (QED) is 0.354. The number of halogens is 4. The van der Waals surface area contributed by atoms with Gasteiger partial charge < -0.3 is 10.2 Å². The molecule has 9 heteroatoms. The molecule has 1 aliphatic rings. The third kappa shape index (κ3) is 7.27. The number of carbonyl (C=O) groups is 2. The summed E-state index contributed by atoms with van der Waals surface area (Å²) >= 11 is 19.8. The molecule has 1 atom stereocenters. The van der Waals surface area contributed by atoms with E-state index >= 15 is 0 Å². The Labute approximate surface area is 219 Å². The monoisotopic (exact) mass is 544 g/mol. The normalized spacial score (nSPS) is 14.7. The Kier molecular flexibility index (Phi) is 10.4. The Morgan fingerprint density at radius 1 is 1.15 bits per heavy atom. The van der Waals surface area contributed by atoms with E-state index in [1.165, 1.54) is 17.8 Å². The Morgan fingerprint density at radius 2 is 1.88 bits per heavy atom. The van der Waals surface area contributed by atoms with Gasteiger partial charge in [0.15, 0.2) is 0 Å². The number of hydrogen-bond donors (Lipinski definition) is 1. The molecule has 0 radical (unpaired) electrons. The van der Waals surface area contributed by atoms with Crippen LogP contribution in [0.1, 0.15) is 50.2 Å². The number of nitrogens with zero attached hydrogens (tertiary/aromatic N) is 1. The maximum absolute atomic E-state index is 14.1. The third-order valence-electron chi connectivity index (χ3n) is 5.98. The molecule has 4 nitrogen and oxygen atoms in total. The molecule has 0 spiro atoms. The van der Waals surface area contributed by atoms with Crippen molar-refractivity contribution >= 4 is 58.4 Å². The number of hydrogen-bond acceptors (Lipinski definition) is 3. The van der Waals surface area contributed by atoms with E-state index in [1.54, 1.807) is 35.2 Å². The van der Waals surface area contributed by atoms with Crippen LogP contribution in [-0.2, 0) is 21.9 Å². The van der Waals surface area contributed by atoms with Gasteiger partial charge in [0, 0.05) is 39.0 Å². The van der Waals surface area contributed by atoms with Gasteiger partial charge in [-0.3, -0.25) is 9.59 Å². The minimum absolute atomic E-state index is 0.0725. The van der Waals surface area contributed by atoms with Crippen LogP contribution in [0.2, 0.25) is 15.1 Å². The van der Waals surface area contributed by atoms with Crippen molar-refractivity contribution in [1.82, 2.24) is 10.2 Å². The van der Waals surface area contributed by atoms with Crippen LogP contribution in [0.5, 0.6) is 0 Å². The van der Waals surface area contributed by atoms with E-state index in [2.05, 4.69) is 5.32 Å². The summed E-state index contributed by atoms with van der Waals surface area (Å²) < 4.78 is 14.1. The first kappa shape index (κ1) is 27.1. The van der Waals surface area contributed by atoms with Gasteiger partial charge >= 0.3 is 0 Å². The number of nitrogens with one attached hydrogen (secondary N) is 1. The zero-order chi connectivity index (χ0) is 24.7. The molecular formula is C25H28Cl3FN2O2S. The van der Waals surface area contributed by atoms with Crippen LogP contribution >= 0.6 is 46.6 Å². The summed E-state index contributed by atoms with van der Waals surface area (Å²) in [6, 6.07) is 9.11. The minimum Gasteiger partial charge on any atom is -0.352 e. The summed E-state index contributed by atoms with van der Waals surface area (Å²) in [5.41, 5.74) is 1.06. The molecule has 2 aromatic carbocycles. The largest absolute Gasteiger partial charge is 0.352 e. The average molecular weight is 546 g/mol. The van der Waals surface area contributed by atoms with Crippen LogP contribution in [0.3, 0.4) is 0 Å². The van der Waals surface area contributed by atoms with E-state index in [9.17, 15) is 14.0 Å². The Hall–Kier alpha value is -1.47. The number of thioether (sulfide) groups is 1. The lowest BCUT2D eigenvalue weighted by Gasteiger charge is -2.31. The lowest BCUT2D eigenvalue weighted by molar-refractivity contribution is -0.139. The highest BCUT2D eigenvalue weighted by Gasteiger charge is 2.31. The summed E-state index contributed by atoms with van der Waals surface area (Å²) in [6.07, 6.45) is 4.57. The molecule has 0 unspecified atom stereocenters. The second kappa shape index (κ2) is 13.0. The first-order valence-electron chi connectivity index (χ1n) is 11.3. The van der Waals surface area contributed by atoms with Gasteiger partial charge in [0.1, 0.15) is 11.9 Å². The van der Waals surface area contributed by atoms with Crippen LogP contribution in [-0.4, -0.2) is 34.6 Å². The van der Waals surface area contributed by atoms with Gasteiger partial charge in [-0.05, 0) is 49.1 Å². The summed E-state index contributed by atoms with van der Waals surface area (Å²) in [6.45, 7) is 2.06. The number of benzene rings is 2. The fraction of sp³-hybridized carbons (Fsp3) is 0.440. The zero-order valence-corrected chi connectivity index (χ0v) is 22.0. The van der Waals surface area contributed by atoms with E-state index in [4.69, 9.17) is 34.8 Å². The molecule has 1 saturated carbocycles. The van der Waals surface area contributed by atoms with Crippen molar-refractivity contribution in [3.8, 4) is 0 Å². The SMILES string of the molecule is CC[C@@H](C(=O)NC1CCCC1)N(Cc1ccc(Cl)cc1Cl)C(=O)CSCc1c(F)cccc1Cl. The van der Waals surface area contributed by atoms with Crippen molar-refractivity contribution in [2.45, 2.75) is 63.4 Å². The summed E-state index contributed by atoms with van der Waals surface area (Å²) in [5, 5.41) is 4.36. The maximum Gasteiger partial charge on any atom is 0.243 e. The van der Waals surface area contributed by atoms with Crippen molar-refractivity contribution in [1.29, 1.82) is 0 Å². The Morgan fingerprint density at radius 3 is 2.53 bits per heavy atom. The van der Waals surface area contributed by atoms with Gasteiger partial charge in [-0.15, -0.1) is 11.8 Å². The van der Waals surface area contributed by atoms with Crippen molar-refractivity contribution in [2.24, 2.45) is 0 Å². The molecule has 2 aromatic rings. The molecule has 0 bridgehead atoms. The predicted octanol–water partition coefficient (Wildman–Crippen LogP) is 6.89. The molecule has 1 aliphatic carbocycles. The highest BCUT2D eigenvalue weighted by Crippen LogP contribution is 2.27. The first-order chi connectivity index (χ1) is 16.3. The number of rotatable bonds is 10. The van der Waals surface area contributed by atoms with Crippen molar-refractivity contribution in [2.75, 3.05) is 5.75 Å². The average Bonchev–Trinajstić information content (AvgIpc) is 3.30. The van der Waals surface area contributed by atoms with Crippen LogP contribution < -0.4 is 5.32 Å². The highest BCUT2D eigenvalue weighted by molar-refractivity contribution is 7.99. The molecule has 1 N–H and O–H groups in total. The second-order valence-electron chi connectivity index (χ2n) is 8.36. The summed E-state index contributed by atoms with van der Waals surface area (Å²) in [5.74, 6) is -0.465. The van der Waals surface area contributed by atoms with E-state index in [0.29, 0.717) is 32.6 Å². The fourth-order valence-corrected chi connectivity index (χ4v) is 5.83. The number of amides is 2. The van der Waals surface area contributed by atoms with E-state index in [-0.39, 0.29) is 35.9 Å². The van der Waals surface area contributed by atoms with Crippen LogP contribution in [0.4, 0.5) is 4.39 Å². The van der Waals surface area contributed by atoms with E-state index in [1.807, 2.05) is 6.92 Å². The van der Waals surface area contributed by atoms with E-state index in [0.717, 1.165) is 25.7 Å². The molecule has 0 aromatic heterocycles. The Balaban J connectivity index is 1.76. The standard InChI is InChI=1S/C25H28Cl3FN2O2S/c1-2-23(25(33)30-18-6-3-4-7-18)31(13-16-10-11-17(26)12-21(16)28)24(32)15-34-14-19-20(27)8-5-9-22(19)29/h5,8-12,18,23H,2-4,6-7,13-15H2,1H3,(H,30,33)/t23-/m0/s1. The molecule has 0 heterocycles. The van der Waals surface area contributed by atoms with E-state index < -0.39 is 11.9 Å². The minimum atomic E-state index is -0.641. The van der Waals surface area contributed by atoms with Gasteiger partial charge in [0.05, 0.1) is 5.75 Å². The highest BCUT2D eigenvalue weighted by atomic mass is 35.5. The third-order valence-corrected chi connectivity index (χ3v) is 7.86. The first-order valence-corrected chi connectivity index (χ1v) is 13.6. The zero-order valence-electron chi connectivity index (χ0n) is 19.0. The topological polar surface area (TPSA) is 49.4 Å². The molecule has 1 fully saturated rings. The van der Waals surface area contributed by atoms with Gasteiger partial charge in [-0.2, -0.15) is 0 Å². The predicted molar refractivity (Wildman–Crippen MR) is 139 cm³/mol. The van der Waals surface area contributed by atoms with Crippen LogP contribution in [0.15, 0.2) is 36.4 Å². The molecular weight excluding hydrogens is 518 g/mol.